The number of nitrogens with one attached hydrogen (secondary N) is 1. The van der Waals surface area contributed by atoms with Gasteiger partial charge < -0.3 is 10.1 Å². The first-order chi connectivity index (χ1) is 7.30. The van der Waals surface area contributed by atoms with E-state index >= 15 is 0 Å². The lowest BCUT2D eigenvalue weighted by Gasteiger charge is -2.34. The van der Waals surface area contributed by atoms with Crippen LogP contribution in [0.4, 0.5) is 18.9 Å². The second kappa shape index (κ2) is 3.30. The third-order valence-electron chi connectivity index (χ3n) is 2.40. The van der Waals surface area contributed by atoms with Crippen LogP contribution in [0.1, 0.15) is 19.4 Å². The van der Waals surface area contributed by atoms with E-state index in [1.807, 2.05) is 0 Å². The summed E-state index contributed by atoms with van der Waals surface area (Å²) in [6.45, 7) is 3.98. The van der Waals surface area contributed by atoms with E-state index in [0.29, 0.717) is 12.2 Å². The fraction of sp³-hybridized carbons (Fsp3) is 0.455. The highest BCUT2D eigenvalue weighted by atomic mass is 19.4. The van der Waals surface area contributed by atoms with Crippen LogP contribution in [0.5, 0.6) is 5.75 Å². The van der Waals surface area contributed by atoms with Crippen molar-refractivity contribution in [3.63, 3.8) is 0 Å². The van der Waals surface area contributed by atoms with Crippen LogP contribution in [0, 0.1) is 0 Å². The zero-order valence-electron chi connectivity index (χ0n) is 8.98. The fourth-order valence-corrected chi connectivity index (χ4v) is 1.63. The van der Waals surface area contributed by atoms with E-state index < -0.39 is 17.3 Å². The topological polar surface area (TPSA) is 21.3 Å². The van der Waals surface area contributed by atoms with E-state index in [2.05, 4.69) is 5.32 Å². The molecule has 0 aromatic heterocycles. The summed E-state index contributed by atoms with van der Waals surface area (Å²) in [5.41, 5.74) is -0.964. The number of hydrogen-bond acceptors (Lipinski definition) is 2. The van der Waals surface area contributed by atoms with Crippen LogP contribution < -0.4 is 10.1 Å². The smallest absolute Gasteiger partial charge is 0.420 e. The second-order valence-electron chi connectivity index (χ2n) is 4.40. The Morgan fingerprint density at radius 1 is 1.31 bits per heavy atom. The molecule has 1 heterocycles. The number of halogens is 3. The first kappa shape index (κ1) is 11.1. The molecule has 0 radical (unpaired) electrons. The van der Waals surface area contributed by atoms with Gasteiger partial charge in [-0.15, -0.1) is 0 Å². The van der Waals surface area contributed by atoms with Gasteiger partial charge in [0, 0.05) is 0 Å². The van der Waals surface area contributed by atoms with Crippen molar-refractivity contribution in [3.05, 3.63) is 23.8 Å². The van der Waals surface area contributed by atoms with Crippen molar-refractivity contribution in [1.82, 2.24) is 0 Å². The first-order valence-electron chi connectivity index (χ1n) is 4.93. The number of alkyl halides is 3. The minimum Gasteiger partial charge on any atom is -0.483 e. The number of ether oxygens (including phenoxy) is 1. The largest absolute Gasteiger partial charge is 0.483 e. The molecule has 0 aliphatic carbocycles. The number of anilines is 1. The van der Waals surface area contributed by atoms with E-state index in [9.17, 15) is 13.2 Å². The molecule has 1 aromatic rings. The number of hydrogen-bond donors (Lipinski definition) is 1. The van der Waals surface area contributed by atoms with Gasteiger partial charge in [0.25, 0.3) is 0 Å². The van der Waals surface area contributed by atoms with Gasteiger partial charge in [0.15, 0.2) is 5.75 Å². The predicted octanol–water partition coefficient (Wildman–Crippen LogP) is 3.29. The van der Waals surface area contributed by atoms with Gasteiger partial charge in [0.1, 0.15) is 5.60 Å². The summed E-state index contributed by atoms with van der Waals surface area (Å²) in [5.74, 6) is -0.105. The summed E-state index contributed by atoms with van der Waals surface area (Å²) in [6.07, 6.45) is -4.39. The summed E-state index contributed by atoms with van der Waals surface area (Å²) < 4.78 is 43.6. The van der Waals surface area contributed by atoms with Gasteiger partial charge in [-0.2, -0.15) is 13.2 Å². The van der Waals surface area contributed by atoms with Crippen molar-refractivity contribution < 1.29 is 17.9 Å². The van der Waals surface area contributed by atoms with Crippen molar-refractivity contribution in [1.29, 1.82) is 0 Å². The molecule has 1 aliphatic heterocycles. The van der Waals surface area contributed by atoms with E-state index in [4.69, 9.17) is 4.74 Å². The summed E-state index contributed by atoms with van der Waals surface area (Å²) in [5, 5.41) is 2.94. The lowest BCUT2D eigenvalue weighted by Crippen LogP contribution is -2.40. The molecule has 1 aromatic carbocycles. The highest BCUT2D eigenvalue weighted by Crippen LogP contribution is 2.43. The summed E-state index contributed by atoms with van der Waals surface area (Å²) >= 11 is 0. The van der Waals surface area contributed by atoms with Crippen molar-refractivity contribution in [2.75, 3.05) is 11.9 Å². The van der Waals surface area contributed by atoms with Gasteiger partial charge >= 0.3 is 6.18 Å². The molecule has 2 rings (SSSR count). The molecule has 16 heavy (non-hydrogen) atoms. The van der Waals surface area contributed by atoms with Crippen molar-refractivity contribution in [3.8, 4) is 5.75 Å². The van der Waals surface area contributed by atoms with E-state index in [0.717, 1.165) is 6.07 Å². The third-order valence-corrected chi connectivity index (χ3v) is 2.40. The van der Waals surface area contributed by atoms with Crippen molar-refractivity contribution >= 4 is 5.69 Å². The van der Waals surface area contributed by atoms with Crippen LogP contribution in [0.15, 0.2) is 18.2 Å². The first-order valence-corrected chi connectivity index (χ1v) is 4.93. The lowest BCUT2D eigenvalue weighted by atomic mass is 10.0. The van der Waals surface area contributed by atoms with E-state index in [-0.39, 0.29) is 5.75 Å². The second-order valence-corrected chi connectivity index (χ2v) is 4.40. The Hall–Kier alpha value is -1.39. The van der Waals surface area contributed by atoms with Crippen LogP contribution >= 0.6 is 0 Å². The van der Waals surface area contributed by atoms with Crippen molar-refractivity contribution in [2.45, 2.75) is 25.6 Å². The summed E-state index contributed by atoms with van der Waals surface area (Å²) in [7, 11) is 0. The maximum absolute atomic E-state index is 12.7. The quantitative estimate of drug-likeness (QED) is 0.739. The van der Waals surface area contributed by atoms with Gasteiger partial charge in [0.2, 0.25) is 0 Å². The molecule has 0 fully saturated rings. The normalized spacial score (nSPS) is 18.3. The molecule has 0 atom stereocenters. The zero-order valence-corrected chi connectivity index (χ0v) is 8.98. The molecule has 0 amide bonds. The van der Waals surface area contributed by atoms with Crippen LogP contribution in [0.2, 0.25) is 0 Å². The monoisotopic (exact) mass is 231 g/mol. The molecule has 0 spiro atoms. The Bertz CT molecular complexity index is 412. The van der Waals surface area contributed by atoms with Crippen molar-refractivity contribution in [2.24, 2.45) is 0 Å². The molecule has 1 aliphatic rings. The Morgan fingerprint density at radius 2 is 2.00 bits per heavy atom. The number of para-hydroxylation sites is 1. The number of benzene rings is 1. The molecule has 0 bridgehead atoms. The van der Waals surface area contributed by atoms with Crippen LogP contribution in [-0.4, -0.2) is 12.1 Å². The van der Waals surface area contributed by atoms with Gasteiger partial charge in [-0.1, -0.05) is 6.07 Å². The molecule has 88 valence electrons. The molecule has 5 heteroatoms. The molecule has 0 saturated heterocycles. The minimum atomic E-state index is -4.39. The Morgan fingerprint density at radius 3 is 2.62 bits per heavy atom. The lowest BCUT2D eigenvalue weighted by molar-refractivity contribution is -0.139. The molecule has 0 unspecified atom stereocenters. The third kappa shape index (κ3) is 1.94. The highest BCUT2D eigenvalue weighted by Gasteiger charge is 2.38. The molecular formula is C11H12F3NO. The van der Waals surface area contributed by atoms with E-state index in [1.54, 1.807) is 19.9 Å². The molecule has 2 nitrogen and oxygen atoms in total. The maximum Gasteiger partial charge on any atom is 0.420 e. The van der Waals surface area contributed by atoms with Crippen LogP contribution in [-0.2, 0) is 6.18 Å². The Balaban J connectivity index is 2.51. The summed E-state index contributed by atoms with van der Waals surface area (Å²) in [6, 6.07) is 3.98. The zero-order chi connectivity index (χ0) is 12.0. The van der Waals surface area contributed by atoms with Gasteiger partial charge in [-0.25, -0.2) is 0 Å². The number of fused-ring (bicyclic) bond motifs is 1. The molecule has 0 saturated carbocycles. The standard InChI is InChI=1S/C11H12F3NO/c1-10(2)6-15-8-5-3-4-7(9(8)16-10)11(12,13)14/h3-5,15H,6H2,1-2H3. The van der Waals surface area contributed by atoms with Gasteiger partial charge in [-0.05, 0) is 26.0 Å². The van der Waals surface area contributed by atoms with Gasteiger partial charge in [-0.3, -0.25) is 0 Å². The summed E-state index contributed by atoms with van der Waals surface area (Å²) in [4.78, 5) is 0. The Labute approximate surface area is 91.4 Å². The highest BCUT2D eigenvalue weighted by molar-refractivity contribution is 5.62. The number of rotatable bonds is 0. The van der Waals surface area contributed by atoms with E-state index in [1.165, 1.54) is 6.07 Å². The predicted molar refractivity (Wildman–Crippen MR) is 54.6 cm³/mol. The molecular weight excluding hydrogens is 219 g/mol. The average Bonchev–Trinajstić information content (AvgIpc) is 2.13. The Kier molecular flexibility index (Phi) is 2.29. The average molecular weight is 231 g/mol. The van der Waals surface area contributed by atoms with Gasteiger partial charge in [0.05, 0.1) is 17.8 Å². The van der Waals surface area contributed by atoms with Crippen LogP contribution in [0.25, 0.3) is 0 Å². The van der Waals surface area contributed by atoms with Crippen LogP contribution in [0.3, 0.4) is 0 Å². The fourth-order valence-electron chi connectivity index (χ4n) is 1.63. The minimum absolute atomic E-state index is 0.105. The molecule has 1 N–H and O–H groups in total. The maximum atomic E-state index is 12.7. The SMILES string of the molecule is CC1(C)CNc2cccc(C(F)(F)F)c2O1.